The number of nitrogens with zero attached hydrogens (tertiary/aromatic N) is 2. The van der Waals surface area contributed by atoms with E-state index >= 15 is 0 Å². The van der Waals surface area contributed by atoms with Crippen molar-refractivity contribution < 1.29 is 43.3 Å². The third-order valence-electron chi connectivity index (χ3n) is 9.13. The molecule has 0 aliphatic rings. The van der Waals surface area contributed by atoms with Crippen LogP contribution in [0.4, 0.5) is 10.5 Å². The maximum absolute atomic E-state index is 14.3. The first-order chi connectivity index (χ1) is 25.9. The fourth-order valence-corrected chi connectivity index (χ4v) is 6.00. The van der Waals surface area contributed by atoms with Crippen molar-refractivity contribution in [1.29, 1.82) is 0 Å². The van der Waals surface area contributed by atoms with Crippen LogP contribution in [0.2, 0.25) is 0 Å². The summed E-state index contributed by atoms with van der Waals surface area (Å²) in [5, 5.41) is 16.7. The molecule has 0 aliphatic heterocycles. The zero-order valence-electron chi connectivity index (χ0n) is 32.8. The summed E-state index contributed by atoms with van der Waals surface area (Å²) in [6.45, 7) is 9.93. The van der Waals surface area contributed by atoms with Crippen molar-refractivity contribution in [1.82, 2.24) is 20.2 Å². The number of aliphatic hydroxyl groups is 1. The van der Waals surface area contributed by atoms with Gasteiger partial charge < -0.3 is 46.4 Å². The first-order valence-corrected chi connectivity index (χ1v) is 18.0. The number of H-pyrrole nitrogens is 1. The zero-order valence-corrected chi connectivity index (χ0v) is 32.8. The highest BCUT2D eigenvalue weighted by molar-refractivity contribution is 6.00. The number of hydrogen-bond donors (Lipinski definition) is 6. The molecule has 3 aromatic rings. The lowest BCUT2D eigenvalue weighted by molar-refractivity contribution is -0.167. The molecule has 6 atom stereocenters. The Hall–Kier alpha value is -5.32. The number of aromatic amines is 1. The number of rotatable bonds is 17. The first kappa shape index (κ1) is 44.1. The number of benzene rings is 2. The minimum absolute atomic E-state index is 0.105. The van der Waals surface area contributed by atoms with Crippen LogP contribution in [0.25, 0.3) is 0 Å². The Morgan fingerprint density at radius 3 is 2.09 bits per heavy atom. The molecule has 0 spiro atoms. The van der Waals surface area contributed by atoms with Gasteiger partial charge in [0.15, 0.2) is 5.54 Å². The Morgan fingerprint density at radius 1 is 0.945 bits per heavy atom. The monoisotopic (exact) mass is 765 g/mol. The number of nitrogens with two attached hydrogens (primary N) is 2. The van der Waals surface area contributed by atoms with Gasteiger partial charge in [0.1, 0.15) is 17.4 Å². The van der Waals surface area contributed by atoms with Gasteiger partial charge in [0.25, 0.3) is 0 Å². The number of aliphatic hydroxyl groups excluding tert-OH is 1. The van der Waals surface area contributed by atoms with Gasteiger partial charge >= 0.3 is 12.1 Å². The second-order valence-electron chi connectivity index (χ2n) is 14.5. The van der Waals surface area contributed by atoms with Gasteiger partial charge in [0, 0.05) is 30.0 Å². The number of esters is 1. The highest BCUT2D eigenvalue weighted by atomic mass is 16.6. The van der Waals surface area contributed by atoms with Crippen molar-refractivity contribution in [2.45, 2.75) is 103 Å². The molecule has 55 heavy (non-hydrogen) atoms. The van der Waals surface area contributed by atoms with E-state index in [1.54, 1.807) is 82.4 Å². The topological polar surface area (TPSA) is 241 Å². The Bertz CT molecular complexity index is 1740. The van der Waals surface area contributed by atoms with Gasteiger partial charge in [-0.3, -0.25) is 14.4 Å². The molecule has 16 nitrogen and oxygen atoms in total. The molecule has 1 aromatic heterocycles. The van der Waals surface area contributed by atoms with E-state index in [0.717, 1.165) is 4.90 Å². The molecule has 0 saturated carbocycles. The summed E-state index contributed by atoms with van der Waals surface area (Å²) in [4.78, 5) is 75.4. The molecule has 0 fully saturated rings. The number of aromatic nitrogens is 2. The van der Waals surface area contributed by atoms with E-state index in [2.05, 4.69) is 20.6 Å². The predicted octanol–water partition coefficient (Wildman–Crippen LogP) is 2.93. The fraction of sp³-hybridized carbons (Fsp3) is 0.487. The van der Waals surface area contributed by atoms with Gasteiger partial charge in [-0.05, 0) is 75.4 Å². The van der Waals surface area contributed by atoms with Crippen LogP contribution in [0, 0.1) is 5.92 Å². The average Bonchev–Trinajstić information content (AvgIpc) is 3.66. The number of nitrogens with one attached hydrogen (secondary N) is 3. The van der Waals surface area contributed by atoms with E-state index in [-0.39, 0.29) is 18.4 Å². The molecule has 0 bridgehead atoms. The van der Waals surface area contributed by atoms with Crippen LogP contribution in [0.5, 0.6) is 5.75 Å². The van der Waals surface area contributed by atoms with Crippen LogP contribution >= 0.6 is 0 Å². The molecular formula is C39H55N7O9. The van der Waals surface area contributed by atoms with E-state index in [1.807, 2.05) is 6.92 Å². The number of imide groups is 1. The largest absolute Gasteiger partial charge is 0.497 e. The standard InChI is InChI=1S/C39H55N7O9/c1-9-23(2)39(36(51)54-8,26-12-16-29(53-7)17-13-26)46(37(52)55-38(4,5)6)33(48)20-32(47)30(41)18-25-10-14-27(15-11-25)44-35(50)31(45-34(49)24(3)40)19-28-21-42-22-43-28/h10-17,21-24,30-32,47H,9,18-20,40-41H2,1-8H3,(H,42,43)(H,44,50)(H,45,49)/t23?,24?,30-,31-,32?,39+/m0/s1. The molecule has 8 N–H and O–H groups in total. The van der Waals surface area contributed by atoms with Gasteiger partial charge in [0.05, 0.1) is 39.1 Å². The maximum Gasteiger partial charge on any atom is 0.418 e. The lowest BCUT2D eigenvalue weighted by atomic mass is 9.75. The Kier molecular flexibility index (Phi) is 15.5. The van der Waals surface area contributed by atoms with Crippen molar-refractivity contribution in [2.75, 3.05) is 19.5 Å². The van der Waals surface area contributed by atoms with E-state index in [0.29, 0.717) is 29.1 Å². The second-order valence-corrected chi connectivity index (χ2v) is 14.5. The molecule has 0 saturated heterocycles. The number of carbonyl (C=O) groups is 5. The number of carbonyl (C=O) groups excluding carboxylic acids is 5. The SMILES string of the molecule is CCC(C)[C@](C(=O)OC)(c1ccc(OC)cc1)N(C(=O)CC(O)[C@@H](N)Cc1ccc(NC(=O)[C@H](Cc2cnc[nH]2)NC(=O)C(C)N)cc1)C(=O)OC(C)(C)C. The molecule has 0 radical (unpaired) electrons. The first-order valence-electron chi connectivity index (χ1n) is 18.0. The van der Waals surface area contributed by atoms with E-state index in [4.69, 9.17) is 25.7 Å². The average molecular weight is 766 g/mol. The Labute approximate surface area is 321 Å². The van der Waals surface area contributed by atoms with Gasteiger partial charge in [-0.2, -0.15) is 0 Å². The van der Waals surface area contributed by atoms with Crippen molar-refractivity contribution in [3.63, 3.8) is 0 Å². The minimum Gasteiger partial charge on any atom is -0.497 e. The summed E-state index contributed by atoms with van der Waals surface area (Å²) in [5.41, 5.74) is 11.1. The van der Waals surface area contributed by atoms with Crippen molar-refractivity contribution in [3.8, 4) is 5.75 Å². The van der Waals surface area contributed by atoms with Crippen LogP contribution < -0.4 is 26.8 Å². The fourth-order valence-electron chi connectivity index (χ4n) is 6.00. The van der Waals surface area contributed by atoms with Crippen molar-refractivity contribution in [3.05, 3.63) is 77.9 Å². The number of imidazole rings is 1. The Balaban J connectivity index is 1.85. The molecule has 4 amide bonds. The number of hydrogen-bond acceptors (Lipinski definition) is 12. The zero-order chi connectivity index (χ0) is 41.1. The number of amides is 4. The summed E-state index contributed by atoms with van der Waals surface area (Å²) in [6, 6.07) is 10.3. The quantitative estimate of drug-likeness (QED) is 0.109. The van der Waals surface area contributed by atoms with Crippen molar-refractivity contribution >= 4 is 35.5 Å². The van der Waals surface area contributed by atoms with Gasteiger partial charge in [-0.15, -0.1) is 0 Å². The summed E-state index contributed by atoms with van der Waals surface area (Å²) in [6.07, 6.45) is 0.429. The predicted molar refractivity (Wildman–Crippen MR) is 204 cm³/mol. The smallest absolute Gasteiger partial charge is 0.418 e. The molecule has 1 heterocycles. The summed E-state index contributed by atoms with van der Waals surface area (Å²) >= 11 is 0. The highest BCUT2D eigenvalue weighted by Gasteiger charge is 2.56. The van der Waals surface area contributed by atoms with E-state index < -0.39 is 77.5 Å². The number of methoxy groups -OCH3 is 2. The highest BCUT2D eigenvalue weighted by Crippen LogP contribution is 2.41. The number of anilines is 1. The number of ether oxygens (including phenoxy) is 3. The molecule has 0 aliphatic carbocycles. The second kappa shape index (κ2) is 19.3. The van der Waals surface area contributed by atoms with Crippen LogP contribution in [0.3, 0.4) is 0 Å². The van der Waals surface area contributed by atoms with Crippen molar-refractivity contribution in [2.24, 2.45) is 17.4 Å². The summed E-state index contributed by atoms with van der Waals surface area (Å²) < 4.78 is 16.3. The summed E-state index contributed by atoms with van der Waals surface area (Å²) in [7, 11) is 2.65. The van der Waals surface area contributed by atoms with E-state index in [1.165, 1.54) is 27.5 Å². The van der Waals surface area contributed by atoms with Gasteiger partial charge in [0.2, 0.25) is 17.7 Å². The molecule has 300 valence electrons. The third-order valence-corrected chi connectivity index (χ3v) is 9.13. The summed E-state index contributed by atoms with van der Waals surface area (Å²) in [5.74, 6) is -2.94. The van der Waals surface area contributed by atoms with Crippen LogP contribution in [-0.4, -0.2) is 93.8 Å². The molecule has 3 rings (SSSR count). The van der Waals surface area contributed by atoms with Crippen LogP contribution in [0.15, 0.2) is 61.1 Å². The van der Waals surface area contributed by atoms with Gasteiger partial charge in [-0.25, -0.2) is 19.5 Å². The molecular weight excluding hydrogens is 710 g/mol. The minimum atomic E-state index is -1.98. The molecule has 16 heteroatoms. The normalized spacial score (nSPS) is 15.3. The maximum atomic E-state index is 14.3. The lowest BCUT2D eigenvalue weighted by Gasteiger charge is -2.44. The molecule has 2 aromatic carbocycles. The lowest BCUT2D eigenvalue weighted by Crippen LogP contribution is -2.62. The Morgan fingerprint density at radius 2 is 1.58 bits per heavy atom. The molecule has 3 unspecified atom stereocenters. The van der Waals surface area contributed by atoms with E-state index in [9.17, 15) is 29.1 Å². The van der Waals surface area contributed by atoms with Crippen LogP contribution in [-0.2, 0) is 47.0 Å². The third kappa shape index (κ3) is 11.3. The van der Waals surface area contributed by atoms with Crippen LogP contribution in [0.1, 0.15) is 71.2 Å². The van der Waals surface area contributed by atoms with Gasteiger partial charge in [-0.1, -0.05) is 44.5 Å².